The number of carbonyl (C=O) groups is 1. The van der Waals surface area contributed by atoms with Crippen molar-refractivity contribution >= 4 is 19.9 Å². The van der Waals surface area contributed by atoms with Crippen molar-refractivity contribution in [2.75, 3.05) is 20.2 Å². The fraction of sp³-hybridized carbons (Fsp3) is 0.571. The second-order valence-electron chi connectivity index (χ2n) is 9.03. The number of amides is 1. The quantitative estimate of drug-likeness (QED) is 0.0762. The molecular weight excluding hydrogens is 475 g/mol. The third kappa shape index (κ3) is 12.3. The summed E-state index contributed by atoms with van der Waals surface area (Å²) in [5, 5.41) is 3.02. The lowest BCUT2D eigenvalue weighted by Gasteiger charge is -2.20. The smallest absolute Gasteiger partial charge is 0.356 e. The zero-order valence-electron chi connectivity index (χ0n) is 22.8. The van der Waals surface area contributed by atoms with Gasteiger partial charge < -0.3 is 10.2 Å². The van der Waals surface area contributed by atoms with Gasteiger partial charge in [-0.25, -0.2) is 9.14 Å². The number of phosphoric acid groups is 1. The topological polar surface area (TPSA) is 87.9 Å². The maximum atomic E-state index is 12.9. The fourth-order valence-corrected chi connectivity index (χ4v) is 4.84. The lowest BCUT2D eigenvalue weighted by molar-refractivity contribution is -0.443. The zero-order chi connectivity index (χ0) is 27.0. The Labute approximate surface area is 218 Å². The standard InChI is InChI=1S/C28H45N2O5P/c1-7-10-13-17-25-18-20-30(6)26(28(25)24(9-3)16-11-8-2)22-27(31)29-19-14-12-15-21-34-36(32,33)35-23(4)5/h7-8,11,16-17,20,23H,1,9-10,12-15,18-19,21-22H2,2-6H3,(H-,29,31,32,33)/p+1. The molecule has 36 heavy (non-hydrogen) atoms. The van der Waals surface area contributed by atoms with Gasteiger partial charge in [0, 0.05) is 12.1 Å². The Morgan fingerprint density at radius 2 is 2.06 bits per heavy atom. The summed E-state index contributed by atoms with van der Waals surface area (Å²) in [6.45, 7) is 12.0. The highest BCUT2D eigenvalue weighted by atomic mass is 31.2. The summed E-state index contributed by atoms with van der Waals surface area (Å²) in [7, 11) is -1.98. The van der Waals surface area contributed by atoms with E-state index in [1.54, 1.807) is 13.8 Å². The molecule has 2 N–H and O–H groups in total. The highest BCUT2D eigenvalue weighted by Crippen LogP contribution is 2.44. The van der Waals surface area contributed by atoms with E-state index >= 15 is 0 Å². The molecule has 7 nitrogen and oxygen atoms in total. The Kier molecular flexibility index (Phi) is 15.5. The van der Waals surface area contributed by atoms with E-state index in [9.17, 15) is 14.3 Å². The van der Waals surface area contributed by atoms with E-state index in [0.29, 0.717) is 19.4 Å². The van der Waals surface area contributed by atoms with E-state index in [0.717, 1.165) is 44.2 Å². The minimum Gasteiger partial charge on any atom is -0.356 e. The third-order valence-corrected chi connectivity index (χ3v) is 6.84. The van der Waals surface area contributed by atoms with Gasteiger partial charge in [0.2, 0.25) is 5.91 Å². The molecule has 1 aliphatic rings. The summed E-state index contributed by atoms with van der Waals surface area (Å²) in [5.41, 5.74) is 4.67. The maximum Gasteiger partial charge on any atom is 0.472 e. The van der Waals surface area contributed by atoms with E-state index < -0.39 is 7.82 Å². The van der Waals surface area contributed by atoms with Crippen molar-refractivity contribution in [2.45, 2.75) is 85.2 Å². The molecule has 1 aliphatic heterocycles. The normalized spacial score (nSPS) is 17.6. The summed E-state index contributed by atoms with van der Waals surface area (Å²) in [6, 6.07) is 0. The van der Waals surface area contributed by atoms with Crippen LogP contribution in [0.5, 0.6) is 0 Å². The van der Waals surface area contributed by atoms with Crippen LogP contribution in [0.15, 0.2) is 59.4 Å². The van der Waals surface area contributed by atoms with Gasteiger partial charge >= 0.3 is 7.82 Å². The molecule has 0 saturated carbocycles. The average Bonchev–Trinajstić information content (AvgIpc) is 2.81. The fourth-order valence-electron chi connectivity index (χ4n) is 3.89. The van der Waals surface area contributed by atoms with Crippen molar-refractivity contribution < 1.29 is 27.9 Å². The van der Waals surface area contributed by atoms with Crippen LogP contribution in [0.1, 0.15) is 79.1 Å². The van der Waals surface area contributed by atoms with E-state index in [1.807, 2.05) is 26.1 Å². The summed E-state index contributed by atoms with van der Waals surface area (Å²) in [4.78, 5) is 22.4. The van der Waals surface area contributed by atoms with Gasteiger partial charge in [-0.2, -0.15) is 0 Å². The number of hydrogen-bond donors (Lipinski definition) is 2. The zero-order valence-corrected chi connectivity index (χ0v) is 23.7. The second-order valence-corrected chi connectivity index (χ2v) is 10.4. The molecule has 0 radical (unpaired) electrons. The maximum absolute atomic E-state index is 12.9. The molecule has 0 saturated heterocycles. The molecule has 0 spiro atoms. The van der Waals surface area contributed by atoms with E-state index in [1.165, 1.54) is 16.7 Å². The third-order valence-electron chi connectivity index (χ3n) is 5.64. The van der Waals surface area contributed by atoms with Crippen LogP contribution in [0.4, 0.5) is 0 Å². The molecule has 202 valence electrons. The summed E-state index contributed by atoms with van der Waals surface area (Å²) >= 11 is 0. The van der Waals surface area contributed by atoms with Gasteiger partial charge in [0.1, 0.15) is 19.7 Å². The van der Waals surface area contributed by atoms with E-state index in [2.05, 4.69) is 47.8 Å². The van der Waals surface area contributed by atoms with Crippen molar-refractivity contribution in [3.63, 3.8) is 0 Å². The Morgan fingerprint density at radius 1 is 1.31 bits per heavy atom. The molecule has 0 fully saturated rings. The Bertz CT molecular complexity index is 928. The first-order valence-corrected chi connectivity index (χ1v) is 14.5. The number of allylic oxidation sites excluding steroid dienone is 8. The van der Waals surface area contributed by atoms with Crippen LogP contribution in [0.25, 0.3) is 0 Å². The number of nitrogens with zero attached hydrogens (tertiary/aromatic N) is 1. The lowest BCUT2D eigenvalue weighted by atomic mass is 9.88. The van der Waals surface area contributed by atoms with Crippen LogP contribution in [-0.4, -0.2) is 47.9 Å². The van der Waals surface area contributed by atoms with Crippen LogP contribution in [-0.2, 0) is 18.4 Å². The molecule has 1 amide bonds. The van der Waals surface area contributed by atoms with Crippen LogP contribution < -0.4 is 5.32 Å². The molecule has 0 aromatic rings. The van der Waals surface area contributed by atoms with Gasteiger partial charge in [-0.05, 0) is 70.4 Å². The van der Waals surface area contributed by atoms with Crippen molar-refractivity contribution in [2.24, 2.45) is 0 Å². The van der Waals surface area contributed by atoms with Crippen molar-refractivity contribution in [1.82, 2.24) is 5.32 Å². The van der Waals surface area contributed by atoms with Gasteiger partial charge in [-0.1, -0.05) is 37.3 Å². The van der Waals surface area contributed by atoms with Gasteiger partial charge in [-0.3, -0.25) is 13.8 Å². The number of hydrogen-bond acceptors (Lipinski definition) is 4. The Hall–Kier alpha value is -2.05. The van der Waals surface area contributed by atoms with E-state index in [4.69, 9.17) is 9.05 Å². The average molecular weight is 522 g/mol. The molecule has 0 aromatic carbocycles. The van der Waals surface area contributed by atoms with Crippen LogP contribution >= 0.6 is 7.82 Å². The van der Waals surface area contributed by atoms with Gasteiger partial charge in [0.15, 0.2) is 5.70 Å². The lowest BCUT2D eigenvalue weighted by Crippen LogP contribution is -2.28. The van der Waals surface area contributed by atoms with Gasteiger partial charge in [0.25, 0.3) is 0 Å². The highest BCUT2D eigenvalue weighted by Gasteiger charge is 2.28. The number of carbonyl (C=O) groups excluding carboxylic acids is 1. The largest absolute Gasteiger partial charge is 0.472 e. The van der Waals surface area contributed by atoms with Crippen molar-refractivity contribution in [3.8, 4) is 0 Å². The van der Waals surface area contributed by atoms with Crippen molar-refractivity contribution in [1.29, 1.82) is 0 Å². The molecule has 1 heterocycles. The Morgan fingerprint density at radius 3 is 2.69 bits per heavy atom. The number of phosphoric ester groups is 1. The van der Waals surface area contributed by atoms with Crippen LogP contribution in [0, 0.1) is 0 Å². The van der Waals surface area contributed by atoms with Crippen LogP contribution in [0.3, 0.4) is 0 Å². The van der Waals surface area contributed by atoms with Gasteiger partial charge in [0.05, 0.1) is 19.1 Å². The SMILES string of the molecule is C=CCCC=C1CC=[N+](C)C(CC(=O)NCCCCCOP(=O)(O)OC(C)C)=C1C(=CC=CC)CC. The molecule has 1 atom stereocenters. The van der Waals surface area contributed by atoms with Gasteiger partial charge in [-0.15, -0.1) is 6.58 Å². The molecule has 0 bridgehead atoms. The molecular formula is C28H46N2O5P+. The second kappa shape index (κ2) is 17.4. The predicted octanol–water partition coefficient (Wildman–Crippen LogP) is 6.38. The number of nitrogens with one attached hydrogen (secondary N) is 1. The summed E-state index contributed by atoms with van der Waals surface area (Å²) in [5.74, 6) is -0.0157. The first-order chi connectivity index (χ1) is 17.1. The molecule has 0 aromatic heterocycles. The monoisotopic (exact) mass is 521 g/mol. The first-order valence-electron chi connectivity index (χ1n) is 13.0. The molecule has 8 heteroatoms. The van der Waals surface area contributed by atoms with Crippen molar-refractivity contribution in [3.05, 3.63) is 59.4 Å². The minimum atomic E-state index is -3.99. The molecule has 1 unspecified atom stereocenters. The Balaban J connectivity index is 2.77. The summed E-state index contributed by atoms with van der Waals surface area (Å²) in [6.07, 6.45) is 18.2. The molecule has 0 aliphatic carbocycles. The van der Waals surface area contributed by atoms with Crippen LogP contribution in [0.2, 0.25) is 0 Å². The minimum absolute atomic E-state index is 0.0157. The predicted molar refractivity (Wildman–Crippen MR) is 148 cm³/mol. The molecule has 1 rings (SSSR count). The highest BCUT2D eigenvalue weighted by molar-refractivity contribution is 7.47. The van der Waals surface area contributed by atoms with E-state index in [-0.39, 0.29) is 18.6 Å². The first kappa shape index (κ1) is 32.0. The number of unbranched alkanes of at least 4 members (excludes halogenated alkanes) is 3. The number of rotatable bonds is 17. The summed E-state index contributed by atoms with van der Waals surface area (Å²) < 4.78 is 23.6.